The van der Waals surface area contributed by atoms with Crippen LogP contribution in [0.4, 0.5) is 11.4 Å². The summed E-state index contributed by atoms with van der Waals surface area (Å²) in [7, 11) is 1.64. The van der Waals surface area contributed by atoms with Crippen molar-refractivity contribution in [2.45, 2.75) is 19.8 Å². The van der Waals surface area contributed by atoms with E-state index in [0.717, 1.165) is 22.6 Å². The Bertz CT molecular complexity index is 1080. The standard InChI is InChI=1S/C26H26N2O3/c1-18-8-11-23(12-9-18)28-17-21(16-25(28)29)26(30)27-22-10-13-24(31-2)20(15-22)14-19-6-4-3-5-7-19/h3-13,15,21H,14,16-17H2,1-2H3,(H,27,30). The zero-order valence-electron chi connectivity index (χ0n) is 17.8. The first-order valence-corrected chi connectivity index (χ1v) is 10.4. The highest BCUT2D eigenvalue weighted by Gasteiger charge is 2.35. The summed E-state index contributed by atoms with van der Waals surface area (Å²) in [6, 6.07) is 23.6. The highest BCUT2D eigenvalue weighted by molar-refractivity contribution is 6.03. The molecule has 158 valence electrons. The molecular formula is C26H26N2O3. The van der Waals surface area contributed by atoms with Crippen LogP contribution in [0.3, 0.4) is 0 Å². The highest BCUT2D eigenvalue weighted by atomic mass is 16.5. The molecule has 1 N–H and O–H groups in total. The summed E-state index contributed by atoms with van der Waals surface area (Å²) in [5.74, 6) is 0.235. The quantitative estimate of drug-likeness (QED) is 0.642. The van der Waals surface area contributed by atoms with Gasteiger partial charge in [-0.2, -0.15) is 0 Å². The normalized spacial score (nSPS) is 15.7. The zero-order chi connectivity index (χ0) is 21.8. The minimum absolute atomic E-state index is 0.0245. The van der Waals surface area contributed by atoms with Crippen molar-refractivity contribution in [2.75, 3.05) is 23.9 Å². The number of hydrogen-bond acceptors (Lipinski definition) is 3. The lowest BCUT2D eigenvalue weighted by atomic mass is 10.0. The first-order valence-electron chi connectivity index (χ1n) is 10.4. The number of benzene rings is 3. The van der Waals surface area contributed by atoms with Crippen LogP contribution in [-0.2, 0) is 16.0 Å². The molecule has 0 radical (unpaired) electrons. The van der Waals surface area contributed by atoms with Gasteiger partial charge in [0.05, 0.1) is 13.0 Å². The summed E-state index contributed by atoms with van der Waals surface area (Å²) in [5, 5.41) is 2.99. The van der Waals surface area contributed by atoms with Crippen molar-refractivity contribution in [3.63, 3.8) is 0 Å². The maximum atomic E-state index is 12.9. The third kappa shape index (κ3) is 4.77. The fraction of sp³-hybridized carbons (Fsp3) is 0.231. The molecule has 31 heavy (non-hydrogen) atoms. The molecule has 1 aliphatic rings. The Morgan fingerprint density at radius 1 is 1.06 bits per heavy atom. The predicted molar refractivity (Wildman–Crippen MR) is 123 cm³/mol. The number of carbonyl (C=O) groups excluding carboxylic acids is 2. The number of rotatable bonds is 6. The van der Waals surface area contributed by atoms with Gasteiger partial charge in [0.2, 0.25) is 11.8 Å². The number of nitrogens with zero attached hydrogens (tertiary/aromatic N) is 1. The van der Waals surface area contributed by atoms with Crippen LogP contribution >= 0.6 is 0 Å². The molecule has 3 aromatic carbocycles. The lowest BCUT2D eigenvalue weighted by Crippen LogP contribution is -2.28. The molecule has 1 fully saturated rings. The zero-order valence-corrected chi connectivity index (χ0v) is 17.8. The lowest BCUT2D eigenvalue weighted by Gasteiger charge is -2.17. The van der Waals surface area contributed by atoms with Crippen molar-refractivity contribution < 1.29 is 14.3 Å². The number of methoxy groups -OCH3 is 1. The van der Waals surface area contributed by atoms with Crippen molar-refractivity contribution >= 4 is 23.2 Å². The Labute approximate surface area is 182 Å². The van der Waals surface area contributed by atoms with E-state index < -0.39 is 0 Å². The van der Waals surface area contributed by atoms with Gasteiger partial charge in [0.1, 0.15) is 5.75 Å². The smallest absolute Gasteiger partial charge is 0.229 e. The molecule has 4 rings (SSSR count). The van der Waals surface area contributed by atoms with E-state index in [1.54, 1.807) is 12.0 Å². The molecule has 1 saturated heterocycles. The van der Waals surface area contributed by atoms with E-state index in [2.05, 4.69) is 17.4 Å². The third-order valence-electron chi connectivity index (χ3n) is 5.63. The van der Waals surface area contributed by atoms with Crippen LogP contribution in [0.25, 0.3) is 0 Å². The molecule has 0 aromatic heterocycles. The molecule has 0 saturated carbocycles. The topological polar surface area (TPSA) is 58.6 Å². The Hall–Kier alpha value is -3.60. The van der Waals surface area contributed by atoms with Gasteiger partial charge < -0.3 is 15.0 Å². The van der Waals surface area contributed by atoms with Gasteiger partial charge in [-0.05, 0) is 42.8 Å². The van der Waals surface area contributed by atoms with Crippen LogP contribution in [0.5, 0.6) is 5.75 Å². The van der Waals surface area contributed by atoms with E-state index >= 15 is 0 Å². The lowest BCUT2D eigenvalue weighted by molar-refractivity contribution is -0.122. The van der Waals surface area contributed by atoms with E-state index in [9.17, 15) is 9.59 Å². The van der Waals surface area contributed by atoms with Gasteiger partial charge in [-0.3, -0.25) is 9.59 Å². The molecule has 5 heteroatoms. The van der Waals surface area contributed by atoms with Gasteiger partial charge >= 0.3 is 0 Å². The summed E-state index contributed by atoms with van der Waals surface area (Å²) in [5.41, 5.74) is 4.84. The van der Waals surface area contributed by atoms with Crippen LogP contribution in [0.15, 0.2) is 72.8 Å². The maximum absolute atomic E-state index is 12.9. The second kappa shape index (κ2) is 9.04. The maximum Gasteiger partial charge on any atom is 0.229 e. The molecular weight excluding hydrogens is 388 g/mol. The Balaban J connectivity index is 1.46. The second-order valence-electron chi connectivity index (χ2n) is 7.92. The number of aryl methyl sites for hydroxylation is 1. The summed E-state index contributed by atoms with van der Waals surface area (Å²) in [4.78, 5) is 27.1. The average Bonchev–Trinajstić information content (AvgIpc) is 3.17. The average molecular weight is 415 g/mol. The second-order valence-corrected chi connectivity index (χ2v) is 7.92. The summed E-state index contributed by atoms with van der Waals surface area (Å²) in [6.45, 7) is 2.40. The minimum atomic E-state index is -0.381. The van der Waals surface area contributed by atoms with E-state index in [1.165, 1.54) is 5.56 Å². The van der Waals surface area contributed by atoms with Crippen LogP contribution in [0.1, 0.15) is 23.1 Å². The number of amides is 2. The number of ether oxygens (including phenoxy) is 1. The van der Waals surface area contributed by atoms with E-state index in [1.807, 2.05) is 67.6 Å². The van der Waals surface area contributed by atoms with Gasteiger partial charge in [-0.15, -0.1) is 0 Å². The summed E-state index contributed by atoms with van der Waals surface area (Å²) in [6.07, 6.45) is 0.920. The summed E-state index contributed by atoms with van der Waals surface area (Å²) >= 11 is 0. The summed E-state index contributed by atoms with van der Waals surface area (Å²) < 4.78 is 5.50. The van der Waals surface area contributed by atoms with Gasteiger partial charge in [0.25, 0.3) is 0 Å². The number of anilines is 2. The van der Waals surface area contributed by atoms with Crippen LogP contribution < -0.4 is 15.0 Å². The van der Waals surface area contributed by atoms with Crippen molar-refractivity contribution in [3.8, 4) is 5.75 Å². The first-order chi connectivity index (χ1) is 15.0. The molecule has 1 unspecified atom stereocenters. The Morgan fingerprint density at radius 2 is 1.81 bits per heavy atom. The largest absolute Gasteiger partial charge is 0.496 e. The fourth-order valence-corrected chi connectivity index (χ4v) is 3.91. The van der Waals surface area contributed by atoms with E-state index in [4.69, 9.17) is 4.74 Å². The molecule has 1 aliphatic heterocycles. The molecule has 0 bridgehead atoms. The van der Waals surface area contributed by atoms with Crippen molar-refractivity contribution in [1.82, 2.24) is 0 Å². The molecule has 5 nitrogen and oxygen atoms in total. The predicted octanol–water partition coefficient (Wildman–Crippen LogP) is 4.59. The molecule has 3 aromatic rings. The highest BCUT2D eigenvalue weighted by Crippen LogP contribution is 2.28. The SMILES string of the molecule is COc1ccc(NC(=O)C2CC(=O)N(c3ccc(C)cc3)C2)cc1Cc1ccccc1. The van der Waals surface area contributed by atoms with Crippen molar-refractivity contribution in [2.24, 2.45) is 5.92 Å². The van der Waals surface area contributed by atoms with E-state index in [0.29, 0.717) is 18.7 Å². The molecule has 0 aliphatic carbocycles. The molecule has 1 atom stereocenters. The molecule has 1 heterocycles. The monoisotopic (exact) mass is 414 g/mol. The van der Waals surface area contributed by atoms with Crippen LogP contribution in [0, 0.1) is 12.8 Å². The third-order valence-corrected chi connectivity index (χ3v) is 5.63. The van der Waals surface area contributed by atoms with Gasteiger partial charge in [-0.25, -0.2) is 0 Å². The van der Waals surface area contributed by atoms with Crippen LogP contribution in [0.2, 0.25) is 0 Å². The number of hydrogen-bond donors (Lipinski definition) is 1. The van der Waals surface area contributed by atoms with Crippen molar-refractivity contribution in [3.05, 3.63) is 89.5 Å². The Morgan fingerprint density at radius 3 is 2.52 bits per heavy atom. The van der Waals surface area contributed by atoms with E-state index in [-0.39, 0.29) is 24.2 Å². The van der Waals surface area contributed by atoms with Gasteiger partial charge in [-0.1, -0.05) is 48.0 Å². The Kier molecular flexibility index (Phi) is 6.03. The fourth-order valence-electron chi connectivity index (χ4n) is 3.91. The number of nitrogens with one attached hydrogen (secondary N) is 1. The van der Waals surface area contributed by atoms with Gasteiger partial charge in [0, 0.05) is 36.3 Å². The first kappa shape index (κ1) is 20.7. The number of carbonyl (C=O) groups is 2. The minimum Gasteiger partial charge on any atom is -0.496 e. The van der Waals surface area contributed by atoms with Crippen LogP contribution in [-0.4, -0.2) is 25.5 Å². The molecule has 2 amide bonds. The van der Waals surface area contributed by atoms with Crippen molar-refractivity contribution in [1.29, 1.82) is 0 Å². The van der Waals surface area contributed by atoms with Gasteiger partial charge in [0.15, 0.2) is 0 Å². The molecule has 0 spiro atoms.